The Kier molecular flexibility index (Phi) is 4.82. The smallest absolute Gasteiger partial charge is 0.0459 e. The molecule has 1 heteroatoms. The Morgan fingerprint density at radius 2 is 1.50 bits per heavy atom. The number of hydrogen-bond donors (Lipinski definition) is 0. The van der Waals surface area contributed by atoms with Gasteiger partial charge in [-0.3, -0.25) is 4.98 Å². The van der Waals surface area contributed by atoms with Crippen LogP contribution in [0.1, 0.15) is 51.4 Å². The van der Waals surface area contributed by atoms with Gasteiger partial charge in [0, 0.05) is 17.3 Å². The van der Waals surface area contributed by atoms with Crippen LogP contribution in [-0.2, 0) is 5.41 Å². The molecule has 0 bridgehead atoms. The molecule has 0 aromatic carbocycles. The van der Waals surface area contributed by atoms with E-state index >= 15 is 0 Å². The number of aromatic nitrogens is 1. The van der Waals surface area contributed by atoms with E-state index in [0.717, 1.165) is 0 Å². The molecule has 1 rings (SSSR count). The summed E-state index contributed by atoms with van der Waals surface area (Å²) in [7, 11) is 0. The predicted molar refractivity (Wildman–Crippen MR) is 63.8 cm³/mol. The summed E-state index contributed by atoms with van der Waals surface area (Å²) in [6, 6.07) is 2.18. The maximum absolute atomic E-state index is 4.41. The van der Waals surface area contributed by atoms with E-state index in [1.807, 2.05) is 20.0 Å². The summed E-state index contributed by atoms with van der Waals surface area (Å²) in [6.07, 6.45) is 1.95. The molecule has 0 saturated heterocycles. The van der Waals surface area contributed by atoms with Crippen LogP contribution in [0, 0.1) is 13.8 Å². The number of rotatable bonds is 0. The van der Waals surface area contributed by atoms with Crippen LogP contribution in [0.3, 0.4) is 0 Å². The summed E-state index contributed by atoms with van der Waals surface area (Å²) >= 11 is 0. The van der Waals surface area contributed by atoms with Gasteiger partial charge < -0.3 is 0 Å². The van der Waals surface area contributed by atoms with Gasteiger partial charge in [-0.1, -0.05) is 34.6 Å². The first-order valence-electron chi connectivity index (χ1n) is 5.35. The molecular formula is C13H23N. The van der Waals surface area contributed by atoms with E-state index in [2.05, 4.69) is 45.7 Å². The highest BCUT2D eigenvalue weighted by atomic mass is 14.7. The first-order valence-corrected chi connectivity index (χ1v) is 5.35. The molecule has 0 spiro atoms. The van der Waals surface area contributed by atoms with Crippen molar-refractivity contribution in [2.75, 3.05) is 0 Å². The standard InChI is InChI=1S/C11H17N.C2H6/c1-8-6-10(11(3,4)5)12-7-9(8)2;1-2/h6-7H,1-5H3;1-2H3. The Hall–Kier alpha value is -0.850. The lowest BCUT2D eigenvalue weighted by atomic mass is 9.90. The van der Waals surface area contributed by atoms with Crippen LogP contribution in [0.25, 0.3) is 0 Å². The molecular weight excluding hydrogens is 170 g/mol. The molecule has 0 amide bonds. The third kappa shape index (κ3) is 3.49. The van der Waals surface area contributed by atoms with Crippen molar-refractivity contribution in [1.29, 1.82) is 0 Å². The zero-order chi connectivity index (χ0) is 11.4. The fourth-order valence-electron chi connectivity index (χ4n) is 1.03. The van der Waals surface area contributed by atoms with Gasteiger partial charge in [0.2, 0.25) is 0 Å². The molecule has 0 aliphatic heterocycles. The average Bonchev–Trinajstić information content (AvgIpc) is 2.11. The SMILES string of the molecule is CC.Cc1cnc(C(C)(C)C)cc1C. The topological polar surface area (TPSA) is 12.9 Å². The van der Waals surface area contributed by atoms with Crippen LogP contribution < -0.4 is 0 Å². The fraction of sp³-hybridized carbons (Fsp3) is 0.615. The largest absolute Gasteiger partial charge is 0.260 e. The first-order chi connectivity index (χ1) is 6.41. The third-order valence-corrected chi connectivity index (χ3v) is 2.14. The maximum atomic E-state index is 4.41. The predicted octanol–water partition coefficient (Wildman–Crippen LogP) is 4.02. The Labute approximate surface area is 88.6 Å². The molecule has 0 fully saturated rings. The quantitative estimate of drug-likeness (QED) is 0.606. The van der Waals surface area contributed by atoms with E-state index in [1.165, 1.54) is 16.8 Å². The number of aryl methyl sites for hydroxylation is 2. The van der Waals surface area contributed by atoms with E-state index in [1.54, 1.807) is 0 Å². The Bertz CT molecular complexity index is 282. The van der Waals surface area contributed by atoms with Crippen molar-refractivity contribution in [3.63, 3.8) is 0 Å². The van der Waals surface area contributed by atoms with E-state index in [-0.39, 0.29) is 5.41 Å². The van der Waals surface area contributed by atoms with Crippen molar-refractivity contribution >= 4 is 0 Å². The summed E-state index contributed by atoms with van der Waals surface area (Å²) in [4.78, 5) is 4.41. The van der Waals surface area contributed by atoms with Gasteiger partial charge in [0.1, 0.15) is 0 Å². The van der Waals surface area contributed by atoms with Gasteiger partial charge in [-0.25, -0.2) is 0 Å². The van der Waals surface area contributed by atoms with Crippen LogP contribution in [0.4, 0.5) is 0 Å². The second kappa shape index (κ2) is 5.14. The number of pyridine rings is 1. The molecule has 1 aromatic heterocycles. The van der Waals surface area contributed by atoms with Gasteiger partial charge in [0.25, 0.3) is 0 Å². The normalized spacial score (nSPS) is 10.5. The summed E-state index contributed by atoms with van der Waals surface area (Å²) in [5.41, 5.74) is 3.93. The van der Waals surface area contributed by atoms with Crippen molar-refractivity contribution in [2.24, 2.45) is 0 Å². The molecule has 0 radical (unpaired) electrons. The van der Waals surface area contributed by atoms with Gasteiger partial charge in [0.15, 0.2) is 0 Å². The van der Waals surface area contributed by atoms with Crippen LogP contribution >= 0.6 is 0 Å². The molecule has 1 aromatic rings. The Morgan fingerprint density at radius 1 is 1.00 bits per heavy atom. The van der Waals surface area contributed by atoms with E-state index in [4.69, 9.17) is 0 Å². The minimum atomic E-state index is 0.165. The third-order valence-electron chi connectivity index (χ3n) is 2.14. The fourth-order valence-corrected chi connectivity index (χ4v) is 1.03. The molecule has 14 heavy (non-hydrogen) atoms. The van der Waals surface area contributed by atoms with Crippen LogP contribution in [-0.4, -0.2) is 4.98 Å². The van der Waals surface area contributed by atoms with Crippen molar-refractivity contribution in [1.82, 2.24) is 4.98 Å². The molecule has 0 N–H and O–H groups in total. The van der Waals surface area contributed by atoms with Crippen molar-refractivity contribution < 1.29 is 0 Å². The van der Waals surface area contributed by atoms with E-state index in [9.17, 15) is 0 Å². The monoisotopic (exact) mass is 193 g/mol. The maximum Gasteiger partial charge on any atom is 0.0459 e. The second-order valence-corrected chi connectivity index (χ2v) is 4.40. The first kappa shape index (κ1) is 13.2. The summed E-state index contributed by atoms with van der Waals surface area (Å²) in [5.74, 6) is 0. The molecule has 0 unspecified atom stereocenters. The minimum Gasteiger partial charge on any atom is -0.260 e. The van der Waals surface area contributed by atoms with Crippen LogP contribution in [0.2, 0.25) is 0 Å². The summed E-state index contributed by atoms with van der Waals surface area (Å²) < 4.78 is 0. The highest BCUT2D eigenvalue weighted by Crippen LogP contribution is 2.21. The lowest BCUT2D eigenvalue weighted by Gasteiger charge is -2.18. The molecule has 80 valence electrons. The lowest BCUT2D eigenvalue weighted by Crippen LogP contribution is -2.13. The Morgan fingerprint density at radius 3 is 1.86 bits per heavy atom. The van der Waals surface area contributed by atoms with Gasteiger partial charge in [-0.15, -0.1) is 0 Å². The molecule has 0 saturated carbocycles. The van der Waals surface area contributed by atoms with Crippen LogP contribution in [0.5, 0.6) is 0 Å². The van der Waals surface area contributed by atoms with E-state index in [0.29, 0.717) is 0 Å². The van der Waals surface area contributed by atoms with Crippen molar-refractivity contribution in [2.45, 2.75) is 53.9 Å². The van der Waals surface area contributed by atoms with Crippen molar-refractivity contribution in [3.05, 3.63) is 29.1 Å². The summed E-state index contributed by atoms with van der Waals surface area (Å²) in [5, 5.41) is 0. The van der Waals surface area contributed by atoms with Gasteiger partial charge in [0.05, 0.1) is 0 Å². The Balaban J connectivity index is 0.000000791. The number of nitrogens with zero attached hydrogens (tertiary/aromatic N) is 1. The number of hydrogen-bond acceptors (Lipinski definition) is 1. The molecule has 0 aliphatic rings. The molecule has 0 atom stereocenters. The average molecular weight is 193 g/mol. The lowest BCUT2D eigenvalue weighted by molar-refractivity contribution is 0.568. The molecule has 1 nitrogen and oxygen atoms in total. The van der Waals surface area contributed by atoms with Gasteiger partial charge in [-0.05, 0) is 31.0 Å². The zero-order valence-corrected chi connectivity index (χ0v) is 10.6. The van der Waals surface area contributed by atoms with Crippen molar-refractivity contribution in [3.8, 4) is 0 Å². The highest BCUT2D eigenvalue weighted by molar-refractivity contribution is 5.26. The second-order valence-electron chi connectivity index (χ2n) is 4.40. The van der Waals surface area contributed by atoms with Crippen LogP contribution in [0.15, 0.2) is 12.3 Å². The zero-order valence-electron chi connectivity index (χ0n) is 10.6. The molecule has 0 aliphatic carbocycles. The summed E-state index contributed by atoms with van der Waals surface area (Å²) in [6.45, 7) is 14.8. The minimum absolute atomic E-state index is 0.165. The highest BCUT2D eigenvalue weighted by Gasteiger charge is 2.15. The molecule has 1 heterocycles. The van der Waals surface area contributed by atoms with E-state index < -0.39 is 0 Å². The van der Waals surface area contributed by atoms with Gasteiger partial charge in [-0.2, -0.15) is 0 Å². The van der Waals surface area contributed by atoms with Gasteiger partial charge >= 0.3 is 0 Å².